The number of hydrogen-bond donors (Lipinski definition) is 2. The maximum atomic E-state index is 10.1. The van der Waals surface area contributed by atoms with Crippen molar-refractivity contribution in [3.63, 3.8) is 0 Å². The summed E-state index contributed by atoms with van der Waals surface area (Å²) in [6.45, 7) is 2.62. The fourth-order valence-corrected chi connectivity index (χ4v) is 0.371. The highest BCUT2D eigenvalue weighted by atomic mass is 16.6. The molecular formula is C8H16O6. The molecule has 84 valence electrons. The first-order chi connectivity index (χ1) is 6.54. The molecule has 2 N–H and O–H groups in total. The zero-order valence-electron chi connectivity index (χ0n) is 8.36. The standard InChI is InChI=1S/C6H10O4.C2H6O2/c1-5(7)9-3-4-10-6(2)8;3-1-2-4/h3-4H2,1-2H3;3-4H,1-2H2. The minimum Gasteiger partial charge on any atom is -0.462 e. The zero-order chi connectivity index (χ0) is 11.4. The molecule has 0 aromatic rings. The molecule has 0 spiro atoms. The number of aliphatic hydroxyl groups is 2. The molecular weight excluding hydrogens is 192 g/mol. The fraction of sp³-hybridized carbons (Fsp3) is 0.750. The first-order valence-corrected chi connectivity index (χ1v) is 4.03. The normalized spacial score (nSPS) is 8.29. The average molecular weight is 208 g/mol. The molecule has 0 unspecified atom stereocenters. The lowest BCUT2D eigenvalue weighted by Gasteiger charge is -2.00. The van der Waals surface area contributed by atoms with Gasteiger partial charge in [0.15, 0.2) is 0 Å². The summed E-state index contributed by atoms with van der Waals surface area (Å²) in [5.74, 6) is -0.737. The van der Waals surface area contributed by atoms with Crippen LogP contribution in [-0.4, -0.2) is 48.6 Å². The molecule has 0 aliphatic rings. The van der Waals surface area contributed by atoms with Crippen LogP contribution in [0.3, 0.4) is 0 Å². The predicted molar refractivity (Wildman–Crippen MR) is 47.4 cm³/mol. The third-order valence-electron chi connectivity index (χ3n) is 0.794. The molecule has 0 heterocycles. The Balaban J connectivity index is 0. The van der Waals surface area contributed by atoms with Crippen LogP contribution in [0, 0.1) is 0 Å². The van der Waals surface area contributed by atoms with Crippen molar-refractivity contribution in [2.24, 2.45) is 0 Å². The van der Waals surface area contributed by atoms with Gasteiger partial charge in [0.05, 0.1) is 13.2 Å². The lowest BCUT2D eigenvalue weighted by Crippen LogP contribution is -2.09. The monoisotopic (exact) mass is 208 g/mol. The van der Waals surface area contributed by atoms with Crippen molar-refractivity contribution >= 4 is 11.9 Å². The number of carbonyl (C=O) groups excluding carboxylic acids is 2. The number of aliphatic hydroxyl groups excluding tert-OH is 2. The fourth-order valence-electron chi connectivity index (χ4n) is 0.371. The molecule has 0 saturated carbocycles. The van der Waals surface area contributed by atoms with Crippen molar-refractivity contribution in [2.75, 3.05) is 26.4 Å². The molecule has 0 bridgehead atoms. The van der Waals surface area contributed by atoms with Crippen molar-refractivity contribution in [1.82, 2.24) is 0 Å². The van der Waals surface area contributed by atoms with E-state index >= 15 is 0 Å². The van der Waals surface area contributed by atoms with Crippen molar-refractivity contribution in [1.29, 1.82) is 0 Å². The first-order valence-electron chi connectivity index (χ1n) is 4.03. The number of carbonyl (C=O) groups is 2. The Morgan fingerprint density at radius 1 is 0.929 bits per heavy atom. The van der Waals surface area contributed by atoms with Gasteiger partial charge in [0.1, 0.15) is 13.2 Å². The molecule has 0 aliphatic carbocycles. The zero-order valence-corrected chi connectivity index (χ0v) is 8.36. The SMILES string of the molecule is CC(=O)OCCOC(C)=O.OCCO. The summed E-state index contributed by atoms with van der Waals surface area (Å²) in [6, 6.07) is 0. The van der Waals surface area contributed by atoms with Gasteiger partial charge in [-0.15, -0.1) is 0 Å². The molecule has 6 nitrogen and oxygen atoms in total. The van der Waals surface area contributed by atoms with Crippen molar-refractivity contribution < 1.29 is 29.3 Å². The highest BCUT2D eigenvalue weighted by Gasteiger charge is 1.94. The predicted octanol–water partition coefficient (Wildman–Crippen LogP) is -0.916. The lowest BCUT2D eigenvalue weighted by molar-refractivity contribution is -0.149. The van der Waals surface area contributed by atoms with Gasteiger partial charge in [0.25, 0.3) is 0 Å². The van der Waals surface area contributed by atoms with Crippen molar-refractivity contribution in [3.05, 3.63) is 0 Å². The second-order valence-corrected chi connectivity index (χ2v) is 2.13. The first kappa shape index (κ1) is 15.3. The summed E-state index contributed by atoms with van der Waals surface area (Å²) in [4.78, 5) is 20.3. The van der Waals surface area contributed by atoms with E-state index in [-0.39, 0.29) is 38.4 Å². The van der Waals surface area contributed by atoms with Gasteiger partial charge in [-0.3, -0.25) is 9.59 Å². The molecule has 0 amide bonds. The van der Waals surface area contributed by atoms with Crippen molar-refractivity contribution in [2.45, 2.75) is 13.8 Å². The lowest BCUT2D eigenvalue weighted by atomic mass is 10.7. The number of hydrogen-bond acceptors (Lipinski definition) is 6. The van der Waals surface area contributed by atoms with Gasteiger partial charge < -0.3 is 19.7 Å². The minimum absolute atomic E-state index is 0.125. The van der Waals surface area contributed by atoms with Gasteiger partial charge in [-0.1, -0.05) is 0 Å². The maximum absolute atomic E-state index is 10.1. The Kier molecular flexibility index (Phi) is 13.0. The summed E-state index contributed by atoms with van der Waals surface area (Å²) in [6.07, 6.45) is 0. The molecule has 0 fully saturated rings. The van der Waals surface area contributed by atoms with Crippen LogP contribution in [0.1, 0.15) is 13.8 Å². The van der Waals surface area contributed by atoms with E-state index in [1.54, 1.807) is 0 Å². The van der Waals surface area contributed by atoms with Crippen LogP contribution in [0.5, 0.6) is 0 Å². The Hall–Kier alpha value is -1.14. The summed E-state index contributed by atoms with van der Waals surface area (Å²) < 4.78 is 8.95. The van der Waals surface area contributed by atoms with Crippen LogP contribution < -0.4 is 0 Å². The Morgan fingerprint density at radius 3 is 1.36 bits per heavy atom. The number of ether oxygens (including phenoxy) is 2. The van der Waals surface area contributed by atoms with Crippen LogP contribution in [0.15, 0.2) is 0 Å². The maximum Gasteiger partial charge on any atom is 0.302 e. The quantitative estimate of drug-likeness (QED) is 0.458. The van der Waals surface area contributed by atoms with Crippen LogP contribution in [0.2, 0.25) is 0 Å². The topological polar surface area (TPSA) is 93.1 Å². The second kappa shape index (κ2) is 11.9. The molecule has 14 heavy (non-hydrogen) atoms. The number of esters is 2. The van der Waals surface area contributed by atoms with Crippen LogP contribution in [0.25, 0.3) is 0 Å². The summed E-state index contributed by atoms with van der Waals surface area (Å²) in [7, 11) is 0. The molecule has 0 radical (unpaired) electrons. The molecule has 0 aliphatic heterocycles. The molecule has 0 aromatic carbocycles. The largest absolute Gasteiger partial charge is 0.462 e. The van der Waals surface area contributed by atoms with E-state index in [0.717, 1.165) is 0 Å². The Morgan fingerprint density at radius 2 is 1.21 bits per heavy atom. The Labute approximate surface area is 82.4 Å². The van der Waals surface area contributed by atoms with Gasteiger partial charge in [0.2, 0.25) is 0 Å². The number of rotatable bonds is 4. The highest BCUT2D eigenvalue weighted by Crippen LogP contribution is 1.79. The van der Waals surface area contributed by atoms with Gasteiger partial charge >= 0.3 is 11.9 Å². The van der Waals surface area contributed by atoms with Crippen LogP contribution >= 0.6 is 0 Å². The molecule has 0 atom stereocenters. The van der Waals surface area contributed by atoms with E-state index < -0.39 is 0 Å². The Bertz CT molecular complexity index is 138. The third-order valence-corrected chi connectivity index (χ3v) is 0.794. The van der Waals surface area contributed by atoms with E-state index in [2.05, 4.69) is 9.47 Å². The van der Waals surface area contributed by atoms with E-state index in [0.29, 0.717) is 0 Å². The van der Waals surface area contributed by atoms with Crippen LogP contribution in [-0.2, 0) is 19.1 Å². The van der Waals surface area contributed by atoms with E-state index in [1.165, 1.54) is 13.8 Å². The molecule has 0 saturated heterocycles. The van der Waals surface area contributed by atoms with Gasteiger partial charge in [-0.2, -0.15) is 0 Å². The summed E-state index contributed by atoms with van der Waals surface area (Å²) in [5.41, 5.74) is 0. The summed E-state index contributed by atoms with van der Waals surface area (Å²) in [5, 5.41) is 15.2. The van der Waals surface area contributed by atoms with Gasteiger partial charge in [-0.05, 0) is 0 Å². The molecule has 0 rings (SSSR count). The highest BCUT2D eigenvalue weighted by molar-refractivity contribution is 5.66. The second-order valence-electron chi connectivity index (χ2n) is 2.13. The van der Waals surface area contributed by atoms with Gasteiger partial charge in [-0.25, -0.2) is 0 Å². The molecule has 0 aromatic heterocycles. The van der Waals surface area contributed by atoms with Crippen LogP contribution in [0.4, 0.5) is 0 Å². The molecule has 6 heteroatoms. The summed E-state index contributed by atoms with van der Waals surface area (Å²) >= 11 is 0. The van der Waals surface area contributed by atoms with Crippen molar-refractivity contribution in [3.8, 4) is 0 Å². The smallest absolute Gasteiger partial charge is 0.302 e. The van der Waals surface area contributed by atoms with E-state index in [9.17, 15) is 9.59 Å². The average Bonchev–Trinajstić information content (AvgIpc) is 2.12. The third kappa shape index (κ3) is 22.4. The van der Waals surface area contributed by atoms with E-state index in [4.69, 9.17) is 10.2 Å². The van der Waals surface area contributed by atoms with Gasteiger partial charge in [0, 0.05) is 13.8 Å². The van der Waals surface area contributed by atoms with E-state index in [1.807, 2.05) is 0 Å². The minimum atomic E-state index is -0.368.